The fourth-order valence-corrected chi connectivity index (χ4v) is 2.64. The highest BCUT2D eigenvalue weighted by Gasteiger charge is 2.29. The lowest BCUT2D eigenvalue weighted by atomic mass is 10.1. The van der Waals surface area contributed by atoms with Crippen molar-refractivity contribution in [2.75, 3.05) is 39.4 Å². The molecule has 1 aromatic carbocycles. The maximum atomic E-state index is 12.7. The molecule has 2 aliphatic heterocycles. The van der Waals surface area contributed by atoms with Crippen LogP contribution in [0.25, 0.3) is 0 Å². The number of piperazine rings is 1. The maximum absolute atomic E-state index is 12.7. The summed E-state index contributed by atoms with van der Waals surface area (Å²) >= 11 is 0. The van der Waals surface area contributed by atoms with Crippen molar-refractivity contribution in [2.24, 2.45) is 5.73 Å². The van der Waals surface area contributed by atoms with Gasteiger partial charge in [-0.05, 0) is 12.1 Å². The third-order valence-corrected chi connectivity index (χ3v) is 3.68. The number of nitrogens with one attached hydrogen (secondary N) is 1. The van der Waals surface area contributed by atoms with E-state index in [0.717, 1.165) is 13.1 Å². The number of hydrogen-bond donors (Lipinski definition) is 2. The Labute approximate surface area is 117 Å². The van der Waals surface area contributed by atoms with Gasteiger partial charge in [-0.25, -0.2) is 0 Å². The predicted octanol–water partition coefficient (Wildman–Crippen LogP) is -0.169. The zero-order valence-electron chi connectivity index (χ0n) is 11.3. The van der Waals surface area contributed by atoms with Gasteiger partial charge in [-0.3, -0.25) is 4.79 Å². The number of benzene rings is 1. The fourth-order valence-electron chi connectivity index (χ4n) is 2.64. The van der Waals surface area contributed by atoms with Crippen molar-refractivity contribution in [3.8, 4) is 11.5 Å². The van der Waals surface area contributed by atoms with Gasteiger partial charge in [-0.2, -0.15) is 0 Å². The van der Waals surface area contributed by atoms with E-state index < -0.39 is 0 Å². The lowest BCUT2D eigenvalue weighted by Crippen LogP contribution is -2.56. The fraction of sp³-hybridized carbons (Fsp3) is 0.500. The van der Waals surface area contributed by atoms with Crippen LogP contribution in [0, 0.1) is 0 Å². The van der Waals surface area contributed by atoms with Crippen molar-refractivity contribution < 1.29 is 14.3 Å². The number of amides is 1. The van der Waals surface area contributed by atoms with Crippen LogP contribution in [0.2, 0.25) is 0 Å². The minimum absolute atomic E-state index is 0.0246. The summed E-state index contributed by atoms with van der Waals surface area (Å²) in [7, 11) is 0. The molecule has 6 nitrogen and oxygen atoms in total. The molecule has 0 spiro atoms. The lowest BCUT2D eigenvalue weighted by Gasteiger charge is -2.36. The number of carbonyl (C=O) groups is 1. The molecule has 1 aromatic rings. The minimum Gasteiger partial charge on any atom is -0.486 e. The van der Waals surface area contributed by atoms with Crippen LogP contribution in [0.1, 0.15) is 10.4 Å². The second-order valence-electron chi connectivity index (χ2n) is 4.92. The van der Waals surface area contributed by atoms with E-state index in [1.165, 1.54) is 0 Å². The Morgan fingerprint density at radius 3 is 3.10 bits per heavy atom. The first-order chi connectivity index (χ1) is 9.81. The molecule has 6 heteroatoms. The first-order valence-corrected chi connectivity index (χ1v) is 6.91. The molecular weight excluding hydrogens is 258 g/mol. The first kappa shape index (κ1) is 13.2. The molecule has 1 saturated heterocycles. The predicted molar refractivity (Wildman–Crippen MR) is 74.2 cm³/mol. The Hall–Kier alpha value is -1.79. The third-order valence-electron chi connectivity index (χ3n) is 3.68. The van der Waals surface area contributed by atoms with Gasteiger partial charge in [-0.15, -0.1) is 0 Å². The van der Waals surface area contributed by atoms with Crippen LogP contribution in [0.4, 0.5) is 0 Å². The van der Waals surface area contributed by atoms with Crippen LogP contribution >= 0.6 is 0 Å². The summed E-state index contributed by atoms with van der Waals surface area (Å²) in [5, 5.41) is 3.25. The highest BCUT2D eigenvalue weighted by molar-refractivity contribution is 5.98. The van der Waals surface area contributed by atoms with E-state index in [1.54, 1.807) is 6.07 Å². The number of nitrogens with zero attached hydrogens (tertiary/aromatic N) is 1. The Balaban J connectivity index is 1.90. The Morgan fingerprint density at radius 2 is 2.25 bits per heavy atom. The molecule has 0 radical (unpaired) electrons. The quantitative estimate of drug-likeness (QED) is 0.785. The number of rotatable bonds is 2. The standard InChI is InChI=1S/C14H19N3O3/c15-8-10-9-16-4-5-17(10)14(18)11-2-1-3-12-13(11)20-7-6-19-12/h1-3,10,16H,4-9,15H2. The highest BCUT2D eigenvalue weighted by Crippen LogP contribution is 2.34. The van der Waals surface area contributed by atoms with Gasteiger partial charge in [0.1, 0.15) is 13.2 Å². The van der Waals surface area contributed by atoms with Crippen molar-refractivity contribution in [3.63, 3.8) is 0 Å². The molecule has 1 unspecified atom stereocenters. The summed E-state index contributed by atoms with van der Waals surface area (Å²) in [5.74, 6) is 1.16. The van der Waals surface area contributed by atoms with E-state index in [1.807, 2.05) is 17.0 Å². The monoisotopic (exact) mass is 277 g/mol. The molecule has 2 heterocycles. The smallest absolute Gasteiger partial charge is 0.258 e. The average molecular weight is 277 g/mol. The van der Waals surface area contributed by atoms with E-state index in [9.17, 15) is 4.79 Å². The maximum Gasteiger partial charge on any atom is 0.258 e. The van der Waals surface area contributed by atoms with Crippen LogP contribution in [-0.2, 0) is 0 Å². The summed E-state index contributed by atoms with van der Waals surface area (Å²) in [6.45, 7) is 3.61. The topological polar surface area (TPSA) is 76.8 Å². The van der Waals surface area contributed by atoms with E-state index >= 15 is 0 Å². The molecule has 0 aliphatic carbocycles. The molecule has 0 saturated carbocycles. The summed E-state index contributed by atoms with van der Waals surface area (Å²) in [5.41, 5.74) is 6.32. The summed E-state index contributed by atoms with van der Waals surface area (Å²) in [4.78, 5) is 14.6. The molecule has 0 aromatic heterocycles. The van der Waals surface area contributed by atoms with Crippen molar-refractivity contribution >= 4 is 5.91 Å². The second kappa shape index (κ2) is 5.68. The Morgan fingerprint density at radius 1 is 1.40 bits per heavy atom. The van der Waals surface area contributed by atoms with Gasteiger partial charge in [0.05, 0.1) is 11.6 Å². The lowest BCUT2D eigenvalue weighted by molar-refractivity contribution is 0.0635. The molecule has 1 atom stereocenters. The SMILES string of the molecule is NCC1CNCCN1C(=O)c1cccc2c1OCCO2. The summed E-state index contributed by atoms with van der Waals surface area (Å²) in [6, 6.07) is 5.45. The number of fused-ring (bicyclic) bond motifs is 1. The first-order valence-electron chi connectivity index (χ1n) is 6.91. The number of nitrogens with two attached hydrogens (primary N) is 1. The largest absolute Gasteiger partial charge is 0.486 e. The van der Waals surface area contributed by atoms with Crippen LogP contribution in [0.3, 0.4) is 0 Å². The summed E-state index contributed by atoms with van der Waals surface area (Å²) in [6.07, 6.45) is 0. The Bertz CT molecular complexity index is 506. The van der Waals surface area contributed by atoms with Crippen LogP contribution in [-0.4, -0.2) is 56.2 Å². The third kappa shape index (κ3) is 2.32. The van der Waals surface area contributed by atoms with Gasteiger partial charge < -0.3 is 25.4 Å². The molecule has 20 heavy (non-hydrogen) atoms. The Kier molecular flexibility index (Phi) is 3.75. The van der Waals surface area contributed by atoms with Crippen LogP contribution in [0.5, 0.6) is 11.5 Å². The number of para-hydroxylation sites is 1. The van der Waals surface area contributed by atoms with Gasteiger partial charge in [0.2, 0.25) is 0 Å². The molecule has 2 aliphatic rings. The number of ether oxygens (including phenoxy) is 2. The minimum atomic E-state index is -0.0377. The summed E-state index contributed by atoms with van der Waals surface area (Å²) < 4.78 is 11.1. The molecule has 1 fully saturated rings. The van der Waals surface area contributed by atoms with Crippen molar-refractivity contribution in [2.45, 2.75) is 6.04 Å². The number of hydrogen-bond acceptors (Lipinski definition) is 5. The van der Waals surface area contributed by atoms with Crippen LogP contribution < -0.4 is 20.5 Å². The second-order valence-corrected chi connectivity index (χ2v) is 4.92. The molecule has 108 valence electrons. The van der Waals surface area contributed by atoms with Crippen molar-refractivity contribution in [3.05, 3.63) is 23.8 Å². The van der Waals surface area contributed by atoms with Gasteiger partial charge in [0, 0.05) is 26.2 Å². The average Bonchev–Trinajstić information content (AvgIpc) is 2.53. The highest BCUT2D eigenvalue weighted by atomic mass is 16.6. The molecule has 1 amide bonds. The van der Waals surface area contributed by atoms with E-state index in [2.05, 4.69) is 5.32 Å². The van der Waals surface area contributed by atoms with Crippen molar-refractivity contribution in [1.29, 1.82) is 0 Å². The molecule has 3 rings (SSSR count). The molecular formula is C14H19N3O3. The van der Waals surface area contributed by atoms with E-state index in [4.69, 9.17) is 15.2 Å². The van der Waals surface area contributed by atoms with Crippen molar-refractivity contribution in [1.82, 2.24) is 10.2 Å². The number of carbonyl (C=O) groups excluding carboxylic acids is 1. The zero-order chi connectivity index (χ0) is 13.9. The van der Waals surface area contributed by atoms with Gasteiger partial charge >= 0.3 is 0 Å². The molecule has 0 bridgehead atoms. The van der Waals surface area contributed by atoms with Gasteiger partial charge in [0.15, 0.2) is 11.5 Å². The van der Waals surface area contributed by atoms with E-state index in [0.29, 0.717) is 43.4 Å². The molecule has 3 N–H and O–H groups in total. The van der Waals surface area contributed by atoms with Gasteiger partial charge in [-0.1, -0.05) is 6.07 Å². The zero-order valence-corrected chi connectivity index (χ0v) is 11.3. The normalized spacial score (nSPS) is 21.6. The van der Waals surface area contributed by atoms with Crippen LogP contribution in [0.15, 0.2) is 18.2 Å². The van der Waals surface area contributed by atoms with Gasteiger partial charge in [0.25, 0.3) is 5.91 Å². The van der Waals surface area contributed by atoms with E-state index in [-0.39, 0.29) is 11.9 Å².